The summed E-state index contributed by atoms with van der Waals surface area (Å²) in [6.07, 6.45) is -0.504. The SMILES string of the molecule is COc1cc(C)c(N(C)CC(O)CN)c(C)c1C. The molecule has 0 aliphatic rings. The first kappa shape index (κ1) is 14.8. The molecule has 1 rings (SSSR count). The summed E-state index contributed by atoms with van der Waals surface area (Å²) < 4.78 is 5.36. The largest absolute Gasteiger partial charge is 0.496 e. The zero-order valence-corrected chi connectivity index (χ0v) is 11.9. The van der Waals surface area contributed by atoms with E-state index in [2.05, 4.69) is 18.7 Å². The van der Waals surface area contributed by atoms with Gasteiger partial charge in [-0.1, -0.05) is 0 Å². The second-order valence-corrected chi connectivity index (χ2v) is 4.76. The Morgan fingerprint density at radius 2 is 1.94 bits per heavy atom. The van der Waals surface area contributed by atoms with Crippen LogP contribution < -0.4 is 15.4 Å². The Labute approximate surface area is 109 Å². The highest BCUT2D eigenvalue weighted by Gasteiger charge is 2.15. The van der Waals surface area contributed by atoms with Gasteiger partial charge in [0.2, 0.25) is 0 Å². The van der Waals surface area contributed by atoms with E-state index in [-0.39, 0.29) is 6.54 Å². The fraction of sp³-hybridized carbons (Fsp3) is 0.571. The maximum atomic E-state index is 9.65. The topological polar surface area (TPSA) is 58.7 Å². The summed E-state index contributed by atoms with van der Waals surface area (Å²) in [4.78, 5) is 2.05. The second kappa shape index (κ2) is 6.07. The van der Waals surface area contributed by atoms with Crippen molar-refractivity contribution in [3.05, 3.63) is 22.8 Å². The first-order valence-electron chi connectivity index (χ1n) is 6.16. The van der Waals surface area contributed by atoms with E-state index in [1.54, 1.807) is 7.11 Å². The van der Waals surface area contributed by atoms with E-state index >= 15 is 0 Å². The number of nitrogens with two attached hydrogens (primary N) is 1. The number of methoxy groups -OCH3 is 1. The summed E-state index contributed by atoms with van der Waals surface area (Å²) in [6, 6.07) is 2.03. The fourth-order valence-corrected chi connectivity index (χ4v) is 2.31. The number of ether oxygens (including phenoxy) is 1. The smallest absolute Gasteiger partial charge is 0.122 e. The molecule has 0 aliphatic carbocycles. The Hall–Kier alpha value is -1.26. The van der Waals surface area contributed by atoms with Crippen molar-refractivity contribution in [2.24, 2.45) is 5.73 Å². The Balaban J connectivity index is 3.13. The van der Waals surface area contributed by atoms with Crippen molar-refractivity contribution < 1.29 is 9.84 Å². The van der Waals surface area contributed by atoms with Crippen LogP contribution in [0.2, 0.25) is 0 Å². The Morgan fingerprint density at radius 1 is 1.33 bits per heavy atom. The van der Waals surface area contributed by atoms with Crippen molar-refractivity contribution in [1.82, 2.24) is 0 Å². The molecule has 1 aromatic carbocycles. The Bertz CT molecular complexity index is 419. The van der Waals surface area contributed by atoms with Crippen LogP contribution in [0.3, 0.4) is 0 Å². The van der Waals surface area contributed by atoms with E-state index in [1.165, 1.54) is 5.56 Å². The van der Waals surface area contributed by atoms with Crippen LogP contribution >= 0.6 is 0 Å². The van der Waals surface area contributed by atoms with Gasteiger partial charge < -0.3 is 20.5 Å². The number of likely N-dealkylation sites (N-methyl/N-ethyl adjacent to an activating group) is 1. The molecule has 0 bridgehead atoms. The molecule has 3 N–H and O–H groups in total. The minimum absolute atomic E-state index is 0.275. The van der Waals surface area contributed by atoms with Gasteiger partial charge in [0.25, 0.3) is 0 Å². The van der Waals surface area contributed by atoms with Crippen LogP contribution in [0.15, 0.2) is 6.07 Å². The molecule has 0 radical (unpaired) electrons. The third-order valence-electron chi connectivity index (χ3n) is 3.37. The van der Waals surface area contributed by atoms with Gasteiger partial charge >= 0.3 is 0 Å². The third-order valence-corrected chi connectivity index (χ3v) is 3.37. The van der Waals surface area contributed by atoms with Crippen molar-refractivity contribution in [3.63, 3.8) is 0 Å². The molecule has 0 saturated heterocycles. The predicted octanol–water partition coefficient (Wildman–Crippen LogP) is 1.38. The Morgan fingerprint density at radius 3 is 2.44 bits per heavy atom. The first-order valence-corrected chi connectivity index (χ1v) is 6.16. The molecule has 4 nitrogen and oxygen atoms in total. The van der Waals surface area contributed by atoms with Crippen molar-refractivity contribution in [3.8, 4) is 5.75 Å². The van der Waals surface area contributed by atoms with Gasteiger partial charge in [-0.2, -0.15) is 0 Å². The molecule has 4 heteroatoms. The van der Waals surface area contributed by atoms with Gasteiger partial charge in [0.05, 0.1) is 13.2 Å². The van der Waals surface area contributed by atoms with Crippen molar-refractivity contribution in [1.29, 1.82) is 0 Å². The van der Waals surface area contributed by atoms with E-state index in [0.29, 0.717) is 6.54 Å². The molecule has 0 saturated carbocycles. The molecule has 102 valence electrons. The number of aryl methyl sites for hydroxylation is 1. The highest BCUT2D eigenvalue weighted by molar-refractivity contribution is 5.64. The van der Waals surface area contributed by atoms with Crippen LogP contribution in [0.4, 0.5) is 5.69 Å². The monoisotopic (exact) mass is 252 g/mol. The van der Waals surface area contributed by atoms with E-state index in [0.717, 1.165) is 22.6 Å². The normalized spacial score (nSPS) is 12.4. The standard InChI is InChI=1S/C14H24N2O2/c1-9-6-13(18-5)10(2)11(3)14(9)16(4)8-12(17)7-15/h6,12,17H,7-8,15H2,1-5H3. The highest BCUT2D eigenvalue weighted by Crippen LogP contribution is 2.33. The molecule has 1 aromatic rings. The van der Waals surface area contributed by atoms with Crippen LogP contribution in [0.25, 0.3) is 0 Å². The number of benzene rings is 1. The summed E-state index contributed by atoms with van der Waals surface area (Å²) in [5.74, 6) is 0.904. The number of rotatable bonds is 5. The lowest BCUT2D eigenvalue weighted by atomic mass is 10.0. The van der Waals surface area contributed by atoms with E-state index in [4.69, 9.17) is 10.5 Å². The average Bonchev–Trinajstić information content (AvgIpc) is 2.33. The van der Waals surface area contributed by atoms with E-state index in [1.807, 2.05) is 20.0 Å². The zero-order valence-electron chi connectivity index (χ0n) is 11.9. The number of hydrogen-bond acceptors (Lipinski definition) is 4. The van der Waals surface area contributed by atoms with E-state index in [9.17, 15) is 5.11 Å². The maximum absolute atomic E-state index is 9.65. The number of aliphatic hydroxyl groups excluding tert-OH is 1. The predicted molar refractivity (Wildman–Crippen MR) is 75.5 cm³/mol. The fourth-order valence-electron chi connectivity index (χ4n) is 2.31. The highest BCUT2D eigenvalue weighted by atomic mass is 16.5. The minimum atomic E-state index is -0.504. The van der Waals surface area contributed by atoms with Gasteiger partial charge in [0.1, 0.15) is 5.75 Å². The van der Waals surface area contributed by atoms with Crippen LogP contribution in [0.5, 0.6) is 5.75 Å². The lowest BCUT2D eigenvalue weighted by Crippen LogP contribution is -2.34. The molecular weight excluding hydrogens is 228 g/mol. The van der Waals surface area contributed by atoms with E-state index < -0.39 is 6.10 Å². The molecule has 0 spiro atoms. The summed E-state index contributed by atoms with van der Waals surface area (Å²) in [6.45, 7) is 6.98. The Kier molecular flexibility index (Phi) is 4.99. The van der Waals surface area contributed by atoms with Gasteiger partial charge in [-0.15, -0.1) is 0 Å². The molecular formula is C14H24N2O2. The third kappa shape index (κ3) is 2.94. The molecule has 0 aromatic heterocycles. The van der Waals surface area contributed by atoms with Crippen LogP contribution in [-0.2, 0) is 0 Å². The van der Waals surface area contributed by atoms with Gasteiger partial charge in [-0.05, 0) is 43.5 Å². The van der Waals surface area contributed by atoms with Crippen LogP contribution in [0, 0.1) is 20.8 Å². The molecule has 1 unspecified atom stereocenters. The van der Waals surface area contributed by atoms with Crippen LogP contribution in [-0.4, -0.2) is 38.5 Å². The van der Waals surface area contributed by atoms with Crippen molar-refractivity contribution in [2.75, 3.05) is 32.1 Å². The lowest BCUT2D eigenvalue weighted by molar-refractivity contribution is 0.189. The summed E-state index contributed by atoms with van der Waals surface area (Å²) in [7, 11) is 3.66. The summed E-state index contributed by atoms with van der Waals surface area (Å²) in [5.41, 5.74) is 10.0. The van der Waals surface area contributed by atoms with Crippen LogP contribution in [0.1, 0.15) is 16.7 Å². The number of nitrogens with zero attached hydrogens (tertiary/aromatic N) is 1. The second-order valence-electron chi connectivity index (χ2n) is 4.76. The molecule has 0 fully saturated rings. The van der Waals surface area contributed by atoms with Crippen molar-refractivity contribution in [2.45, 2.75) is 26.9 Å². The average molecular weight is 252 g/mol. The first-order chi connectivity index (χ1) is 8.42. The zero-order chi connectivity index (χ0) is 13.9. The van der Waals surface area contributed by atoms with Gasteiger partial charge in [0.15, 0.2) is 0 Å². The number of hydrogen-bond donors (Lipinski definition) is 2. The minimum Gasteiger partial charge on any atom is -0.496 e. The van der Waals surface area contributed by atoms with Gasteiger partial charge in [-0.3, -0.25) is 0 Å². The summed E-state index contributed by atoms with van der Waals surface area (Å²) >= 11 is 0. The number of aliphatic hydroxyl groups is 1. The number of anilines is 1. The van der Waals surface area contributed by atoms with Crippen molar-refractivity contribution >= 4 is 5.69 Å². The molecule has 18 heavy (non-hydrogen) atoms. The van der Waals surface area contributed by atoms with Gasteiger partial charge in [-0.25, -0.2) is 0 Å². The summed E-state index contributed by atoms with van der Waals surface area (Å²) in [5, 5.41) is 9.65. The molecule has 0 amide bonds. The lowest BCUT2D eigenvalue weighted by Gasteiger charge is -2.27. The molecule has 0 heterocycles. The quantitative estimate of drug-likeness (QED) is 0.831. The molecule has 1 atom stereocenters. The van der Waals surface area contributed by atoms with Gasteiger partial charge in [0, 0.05) is 25.8 Å². The maximum Gasteiger partial charge on any atom is 0.122 e. The molecule has 0 aliphatic heterocycles.